The van der Waals surface area contributed by atoms with E-state index in [0.717, 1.165) is 75.5 Å². The van der Waals surface area contributed by atoms with Gasteiger partial charge in [-0.15, -0.1) is 0 Å². The zero-order valence-corrected chi connectivity index (χ0v) is 20.0. The van der Waals surface area contributed by atoms with Gasteiger partial charge in [0.2, 0.25) is 5.91 Å². The first-order valence-electron chi connectivity index (χ1n) is 12.0. The number of fused-ring (bicyclic) bond motifs is 1. The van der Waals surface area contributed by atoms with Crippen molar-refractivity contribution in [2.75, 3.05) is 50.7 Å². The van der Waals surface area contributed by atoms with Crippen molar-refractivity contribution in [3.05, 3.63) is 65.2 Å². The Bertz CT molecular complexity index is 962. The van der Waals surface area contributed by atoms with Crippen molar-refractivity contribution in [3.8, 4) is 0 Å². The summed E-state index contributed by atoms with van der Waals surface area (Å²) in [5.41, 5.74) is 2.79. The van der Waals surface area contributed by atoms with Crippen molar-refractivity contribution in [3.63, 3.8) is 0 Å². The fourth-order valence-corrected chi connectivity index (χ4v) is 5.03. The number of anilines is 1. The third kappa shape index (κ3) is 5.55. The molecular formula is C27H35F2N3O. The van der Waals surface area contributed by atoms with Crippen LogP contribution in [0.1, 0.15) is 50.7 Å². The van der Waals surface area contributed by atoms with Crippen LogP contribution in [-0.4, -0.2) is 61.5 Å². The van der Waals surface area contributed by atoms with Gasteiger partial charge in [0.1, 0.15) is 11.6 Å². The zero-order chi connectivity index (χ0) is 23.6. The minimum absolute atomic E-state index is 0.137. The van der Waals surface area contributed by atoms with Gasteiger partial charge in [-0.25, -0.2) is 8.78 Å². The van der Waals surface area contributed by atoms with Gasteiger partial charge in [0.15, 0.2) is 0 Å². The lowest BCUT2D eigenvalue weighted by molar-refractivity contribution is -0.141. The van der Waals surface area contributed by atoms with Crippen LogP contribution in [0.5, 0.6) is 0 Å². The van der Waals surface area contributed by atoms with Gasteiger partial charge in [0.05, 0.1) is 0 Å². The maximum absolute atomic E-state index is 14.3. The molecule has 2 aromatic carbocycles. The Morgan fingerprint density at radius 3 is 2.24 bits per heavy atom. The Morgan fingerprint density at radius 1 is 0.909 bits per heavy atom. The van der Waals surface area contributed by atoms with E-state index in [4.69, 9.17) is 0 Å². The van der Waals surface area contributed by atoms with Crippen LogP contribution >= 0.6 is 0 Å². The van der Waals surface area contributed by atoms with E-state index in [1.807, 2.05) is 43.9 Å². The van der Waals surface area contributed by atoms with Crippen LogP contribution in [0.25, 0.3) is 0 Å². The van der Waals surface area contributed by atoms with Crippen LogP contribution in [0.2, 0.25) is 0 Å². The Labute approximate surface area is 196 Å². The Hall–Kier alpha value is -2.47. The SMILES string of the molecule is CC(C)(C)C(=O)N1CCN(CCN2CCCC(c3ccc(F)cc3)c3ccc(F)cc32)CC1. The molecule has 4 rings (SSSR count). The molecule has 178 valence electrons. The molecule has 1 atom stereocenters. The van der Waals surface area contributed by atoms with Crippen molar-refractivity contribution in [1.29, 1.82) is 0 Å². The summed E-state index contributed by atoms with van der Waals surface area (Å²) in [7, 11) is 0. The predicted octanol–water partition coefficient (Wildman–Crippen LogP) is 4.89. The normalized spacial score (nSPS) is 19.8. The van der Waals surface area contributed by atoms with E-state index in [0.29, 0.717) is 0 Å². The maximum atomic E-state index is 14.3. The maximum Gasteiger partial charge on any atom is 0.228 e. The standard InChI is InChI=1S/C27H35F2N3O/c1-27(2,3)26(33)32-17-14-30(15-18-32)13-16-31-12-4-5-23(20-6-8-21(28)9-7-20)24-11-10-22(29)19-25(24)31/h6-11,19,23H,4-5,12-18H2,1-3H3. The molecular weight excluding hydrogens is 420 g/mol. The Kier molecular flexibility index (Phi) is 7.03. The number of halogens is 2. The topological polar surface area (TPSA) is 26.8 Å². The van der Waals surface area contributed by atoms with E-state index in [2.05, 4.69) is 9.80 Å². The molecule has 6 heteroatoms. The summed E-state index contributed by atoms with van der Waals surface area (Å²) in [4.78, 5) is 19.2. The van der Waals surface area contributed by atoms with E-state index >= 15 is 0 Å². The van der Waals surface area contributed by atoms with Crippen molar-refractivity contribution in [2.45, 2.75) is 39.5 Å². The molecule has 2 aromatic rings. The first kappa shape index (κ1) is 23.7. The van der Waals surface area contributed by atoms with Gasteiger partial charge in [0, 0.05) is 62.8 Å². The first-order valence-corrected chi connectivity index (χ1v) is 12.0. The third-order valence-corrected chi connectivity index (χ3v) is 6.89. The molecule has 4 nitrogen and oxygen atoms in total. The molecule has 0 N–H and O–H groups in total. The fraction of sp³-hybridized carbons (Fsp3) is 0.519. The van der Waals surface area contributed by atoms with E-state index in [1.54, 1.807) is 6.07 Å². The molecule has 0 bridgehead atoms. The Morgan fingerprint density at radius 2 is 1.58 bits per heavy atom. The fourth-order valence-electron chi connectivity index (χ4n) is 5.03. The molecule has 0 aromatic heterocycles. The van der Waals surface area contributed by atoms with E-state index in [1.165, 1.54) is 18.2 Å². The molecule has 2 heterocycles. The third-order valence-electron chi connectivity index (χ3n) is 6.89. The first-order chi connectivity index (χ1) is 15.7. The van der Waals surface area contributed by atoms with Crippen LogP contribution in [0.3, 0.4) is 0 Å². The van der Waals surface area contributed by atoms with E-state index < -0.39 is 0 Å². The summed E-state index contributed by atoms with van der Waals surface area (Å²) >= 11 is 0. The molecule has 0 aliphatic carbocycles. The molecule has 1 unspecified atom stereocenters. The highest BCUT2D eigenvalue weighted by Crippen LogP contribution is 2.39. The number of rotatable bonds is 4. The minimum atomic E-state index is -0.344. The molecule has 0 saturated carbocycles. The molecule has 1 fully saturated rings. The van der Waals surface area contributed by atoms with Gasteiger partial charge in [-0.05, 0) is 48.2 Å². The van der Waals surface area contributed by atoms with Crippen molar-refractivity contribution in [2.24, 2.45) is 5.41 Å². The Balaban J connectivity index is 1.44. The molecule has 1 amide bonds. The summed E-state index contributed by atoms with van der Waals surface area (Å²) in [6.45, 7) is 11.7. The van der Waals surface area contributed by atoms with E-state index in [-0.39, 0.29) is 28.9 Å². The summed E-state index contributed by atoms with van der Waals surface area (Å²) < 4.78 is 27.7. The highest BCUT2D eigenvalue weighted by atomic mass is 19.1. The smallest absolute Gasteiger partial charge is 0.228 e. The minimum Gasteiger partial charge on any atom is -0.370 e. The number of benzene rings is 2. The highest BCUT2D eigenvalue weighted by Gasteiger charge is 2.30. The van der Waals surface area contributed by atoms with Gasteiger partial charge in [0.25, 0.3) is 0 Å². The van der Waals surface area contributed by atoms with Crippen LogP contribution in [0.4, 0.5) is 14.5 Å². The molecule has 33 heavy (non-hydrogen) atoms. The van der Waals surface area contributed by atoms with Crippen LogP contribution in [0.15, 0.2) is 42.5 Å². The number of hydrogen-bond donors (Lipinski definition) is 0. The summed E-state index contributed by atoms with van der Waals surface area (Å²) in [5.74, 6) is -0.116. The lowest BCUT2D eigenvalue weighted by Gasteiger charge is -2.38. The second kappa shape index (κ2) is 9.80. The summed E-state index contributed by atoms with van der Waals surface area (Å²) in [6.07, 6.45) is 1.94. The molecule has 2 aliphatic rings. The van der Waals surface area contributed by atoms with Crippen molar-refractivity contribution < 1.29 is 13.6 Å². The second-order valence-corrected chi connectivity index (χ2v) is 10.3. The average molecular weight is 456 g/mol. The summed E-state index contributed by atoms with van der Waals surface area (Å²) in [5, 5.41) is 0. The van der Waals surface area contributed by atoms with Gasteiger partial charge >= 0.3 is 0 Å². The lowest BCUT2D eigenvalue weighted by Crippen LogP contribution is -2.52. The largest absolute Gasteiger partial charge is 0.370 e. The molecule has 2 aliphatic heterocycles. The lowest BCUT2D eigenvalue weighted by atomic mass is 9.87. The van der Waals surface area contributed by atoms with Crippen molar-refractivity contribution in [1.82, 2.24) is 9.80 Å². The number of carbonyl (C=O) groups excluding carboxylic acids is 1. The van der Waals surface area contributed by atoms with E-state index in [9.17, 15) is 13.6 Å². The van der Waals surface area contributed by atoms with Gasteiger partial charge in [-0.3, -0.25) is 9.69 Å². The predicted molar refractivity (Wildman–Crippen MR) is 129 cm³/mol. The monoisotopic (exact) mass is 455 g/mol. The highest BCUT2D eigenvalue weighted by molar-refractivity contribution is 5.81. The summed E-state index contributed by atoms with van der Waals surface area (Å²) in [6, 6.07) is 11.8. The van der Waals surface area contributed by atoms with Gasteiger partial charge in [-0.1, -0.05) is 39.0 Å². The van der Waals surface area contributed by atoms with Crippen LogP contribution < -0.4 is 4.90 Å². The zero-order valence-electron chi connectivity index (χ0n) is 20.0. The molecule has 0 radical (unpaired) electrons. The molecule has 0 spiro atoms. The number of hydrogen-bond acceptors (Lipinski definition) is 3. The number of carbonyl (C=O) groups is 1. The van der Waals surface area contributed by atoms with Crippen LogP contribution in [0, 0.1) is 17.0 Å². The quantitative estimate of drug-likeness (QED) is 0.657. The second-order valence-electron chi connectivity index (χ2n) is 10.3. The van der Waals surface area contributed by atoms with Crippen LogP contribution in [-0.2, 0) is 4.79 Å². The number of nitrogens with zero attached hydrogens (tertiary/aromatic N) is 3. The average Bonchev–Trinajstić information content (AvgIpc) is 2.96. The van der Waals surface area contributed by atoms with Crippen molar-refractivity contribution >= 4 is 11.6 Å². The number of piperazine rings is 1. The number of amides is 1. The van der Waals surface area contributed by atoms with Gasteiger partial charge in [-0.2, -0.15) is 0 Å². The van der Waals surface area contributed by atoms with Gasteiger partial charge < -0.3 is 9.80 Å². The molecule has 1 saturated heterocycles.